The van der Waals surface area contributed by atoms with Crippen LogP contribution in [0.1, 0.15) is 0 Å². The SMILES string of the molecule is Nc1nc(Br)c(Br)cc1[N+](=O)[O-]. The van der Waals surface area contributed by atoms with E-state index in [2.05, 4.69) is 36.8 Å². The van der Waals surface area contributed by atoms with Crippen molar-refractivity contribution in [1.82, 2.24) is 4.98 Å². The second-order valence-electron chi connectivity index (χ2n) is 1.92. The molecule has 0 spiro atoms. The number of halogens is 2. The van der Waals surface area contributed by atoms with Gasteiger partial charge >= 0.3 is 5.69 Å². The number of nitrogens with zero attached hydrogens (tertiary/aromatic N) is 2. The van der Waals surface area contributed by atoms with Gasteiger partial charge in [-0.05, 0) is 31.9 Å². The third-order valence-electron chi connectivity index (χ3n) is 1.14. The van der Waals surface area contributed by atoms with Crippen molar-refractivity contribution in [3.8, 4) is 0 Å². The topological polar surface area (TPSA) is 82.0 Å². The van der Waals surface area contributed by atoms with Gasteiger partial charge in [-0.3, -0.25) is 10.1 Å². The Balaban J connectivity index is 3.33. The third-order valence-corrected chi connectivity index (χ3v) is 2.88. The summed E-state index contributed by atoms with van der Waals surface area (Å²) in [6.45, 7) is 0. The minimum atomic E-state index is -0.584. The minimum absolute atomic E-state index is 0.102. The molecule has 1 aromatic heterocycles. The maximum atomic E-state index is 10.3. The molecule has 0 aliphatic heterocycles. The Morgan fingerprint density at radius 3 is 2.67 bits per heavy atom. The van der Waals surface area contributed by atoms with Crippen LogP contribution in [-0.2, 0) is 0 Å². The van der Waals surface area contributed by atoms with Gasteiger partial charge in [0, 0.05) is 6.07 Å². The molecule has 0 radical (unpaired) electrons. The number of nitrogen functional groups attached to an aromatic ring is 1. The maximum absolute atomic E-state index is 10.3. The van der Waals surface area contributed by atoms with E-state index in [9.17, 15) is 10.1 Å². The average Bonchev–Trinajstić information content (AvgIpc) is 1.96. The molecule has 7 heteroatoms. The van der Waals surface area contributed by atoms with Crippen LogP contribution in [0.4, 0.5) is 11.5 Å². The number of hydrogen-bond acceptors (Lipinski definition) is 4. The molecule has 0 bridgehead atoms. The van der Waals surface area contributed by atoms with Gasteiger partial charge in [-0.15, -0.1) is 0 Å². The Morgan fingerprint density at radius 2 is 2.17 bits per heavy atom. The van der Waals surface area contributed by atoms with E-state index in [1.54, 1.807) is 0 Å². The zero-order valence-electron chi connectivity index (χ0n) is 5.62. The molecule has 1 heterocycles. The first-order valence-corrected chi connectivity index (χ1v) is 4.37. The van der Waals surface area contributed by atoms with Crippen LogP contribution in [0.15, 0.2) is 15.1 Å². The average molecular weight is 297 g/mol. The number of pyridine rings is 1. The summed E-state index contributed by atoms with van der Waals surface area (Å²) in [7, 11) is 0. The molecule has 2 N–H and O–H groups in total. The molecule has 0 aromatic carbocycles. The number of aromatic nitrogens is 1. The first-order valence-electron chi connectivity index (χ1n) is 2.78. The number of nitrogens with two attached hydrogens (primary N) is 1. The standard InChI is InChI=1S/C5H3Br2N3O2/c6-2-1-3(10(11)12)5(8)9-4(2)7/h1H,(H2,8,9). The molecular formula is C5H3Br2N3O2. The van der Waals surface area contributed by atoms with Gasteiger partial charge in [-0.2, -0.15) is 0 Å². The van der Waals surface area contributed by atoms with Crippen LogP contribution < -0.4 is 5.73 Å². The molecule has 12 heavy (non-hydrogen) atoms. The van der Waals surface area contributed by atoms with Crippen molar-refractivity contribution < 1.29 is 4.92 Å². The lowest BCUT2D eigenvalue weighted by Crippen LogP contribution is -1.98. The summed E-state index contributed by atoms with van der Waals surface area (Å²) in [6, 6.07) is 1.30. The lowest BCUT2D eigenvalue weighted by Gasteiger charge is -1.98. The Hall–Kier alpha value is -0.690. The van der Waals surface area contributed by atoms with Crippen LogP contribution >= 0.6 is 31.9 Å². The summed E-state index contributed by atoms with van der Waals surface area (Å²) in [5.41, 5.74) is 5.08. The largest absolute Gasteiger partial charge is 0.378 e. The van der Waals surface area contributed by atoms with Crippen molar-refractivity contribution in [2.75, 3.05) is 5.73 Å². The predicted molar refractivity (Wildman–Crippen MR) is 50.7 cm³/mol. The van der Waals surface area contributed by atoms with Gasteiger partial charge in [-0.25, -0.2) is 4.98 Å². The first-order chi connectivity index (χ1) is 5.52. The van der Waals surface area contributed by atoms with Gasteiger partial charge < -0.3 is 5.73 Å². The van der Waals surface area contributed by atoms with E-state index in [1.807, 2.05) is 0 Å². The highest BCUT2D eigenvalue weighted by Crippen LogP contribution is 2.29. The molecule has 0 saturated carbocycles. The van der Waals surface area contributed by atoms with E-state index >= 15 is 0 Å². The number of nitro groups is 1. The molecular weight excluding hydrogens is 294 g/mol. The molecule has 0 saturated heterocycles. The normalized spacial score (nSPS) is 9.83. The zero-order valence-corrected chi connectivity index (χ0v) is 8.79. The summed E-state index contributed by atoms with van der Waals surface area (Å²) < 4.78 is 0.953. The highest BCUT2D eigenvalue weighted by molar-refractivity contribution is 9.13. The Kier molecular flexibility index (Phi) is 2.63. The van der Waals surface area contributed by atoms with E-state index in [-0.39, 0.29) is 11.5 Å². The van der Waals surface area contributed by atoms with E-state index < -0.39 is 4.92 Å². The van der Waals surface area contributed by atoms with Crippen LogP contribution in [0.3, 0.4) is 0 Å². The van der Waals surface area contributed by atoms with E-state index in [1.165, 1.54) is 6.07 Å². The smallest absolute Gasteiger partial charge is 0.312 e. The minimum Gasteiger partial charge on any atom is -0.378 e. The van der Waals surface area contributed by atoms with Gasteiger partial charge in [0.05, 0.1) is 9.40 Å². The molecule has 1 rings (SSSR count). The van der Waals surface area contributed by atoms with Crippen LogP contribution in [0.5, 0.6) is 0 Å². The van der Waals surface area contributed by atoms with Crippen molar-refractivity contribution in [2.24, 2.45) is 0 Å². The van der Waals surface area contributed by atoms with Gasteiger partial charge in [-0.1, -0.05) is 0 Å². The van der Waals surface area contributed by atoms with E-state index in [4.69, 9.17) is 5.73 Å². The summed E-state index contributed by atoms with van der Waals surface area (Å²) >= 11 is 6.15. The van der Waals surface area contributed by atoms with Crippen LogP contribution in [0.2, 0.25) is 0 Å². The molecule has 0 aliphatic rings. The summed E-state index contributed by atoms with van der Waals surface area (Å²) in [6.07, 6.45) is 0. The second kappa shape index (κ2) is 3.36. The molecule has 0 fully saturated rings. The third kappa shape index (κ3) is 1.72. The lowest BCUT2D eigenvalue weighted by molar-refractivity contribution is -0.384. The van der Waals surface area contributed by atoms with Crippen LogP contribution in [0.25, 0.3) is 0 Å². The van der Waals surface area contributed by atoms with Crippen molar-refractivity contribution in [2.45, 2.75) is 0 Å². The van der Waals surface area contributed by atoms with Gasteiger partial charge in [0.25, 0.3) is 0 Å². The van der Waals surface area contributed by atoms with E-state index in [0.29, 0.717) is 9.08 Å². The first kappa shape index (κ1) is 9.40. The molecule has 1 aromatic rings. The summed E-state index contributed by atoms with van der Waals surface area (Å²) in [5.74, 6) is -0.102. The number of hydrogen-bond donors (Lipinski definition) is 1. The summed E-state index contributed by atoms with van der Waals surface area (Å²) in [4.78, 5) is 13.5. The van der Waals surface area contributed by atoms with Crippen LogP contribution in [0, 0.1) is 10.1 Å². The van der Waals surface area contributed by atoms with Gasteiger partial charge in [0.1, 0.15) is 4.60 Å². The predicted octanol–water partition coefficient (Wildman–Crippen LogP) is 2.10. The highest BCUT2D eigenvalue weighted by Gasteiger charge is 2.15. The molecule has 0 unspecified atom stereocenters. The van der Waals surface area contributed by atoms with Crippen molar-refractivity contribution in [3.63, 3.8) is 0 Å². The second-order valence-corrected chi connectivity index (χ2v) is 3.53. The van der Waals surface area contributed by atoms with Crippen molar-refractivity contribution in [1.29, 1.82) is 0 Å². The molecule has 0 atom stereocenters. The van der Waals surface area contributed by atoms with Gasteiger partial charge in [0.2, 0.25) is 5.82 Å². The van der Waals surface area contributed by atoms with Crippen molar-refractivity contribution >= 4 is 43.4 Å². The monoisotopic (exact) mass is 295 g/mol. The molecule has 5 nitrogen and oxygen atoms in total. The number of rotatable bonds is 1. The lowest BCUT2D eigenvalue weighted by atomic mass is 10.4. The molecule has 0 aliphatic carbocycles. The maximum Gasteiger partial charge on any atom is 0.312 e. The summed E-state index contributed by atoms with van der Waals surface area (Å²) in [5, 5.41) is 10.3. The van der Waals surface area contributed by atoms with Crippen molar-refractivity contribution in [3.05, 3.63) is 25.3 Å². The Labute approximate surface area is 84.4 Å². The Morgan fingerprint density at radius 1 is 1.58 bits per heavy atom. The fourth-order valence-electron chi connectivity index (χ4n) is 0.616. The zero-order chi connectivity index (χ0) is 9.30. The number of anilines is 1. The fraction of sp³-hybridized carbons (Fsp3) is 0. The quantitative estimate of drug-likeness (QED) is 0.489. The van der Waals surface area contributed by atoms with Crippen LogP contribution in [-0.4, -0.2) is 9.91 Å². The highest BCUT2D eigenvalue weighted by atomic mass is 79.9. The Bertz CT molecular complexity index is 342. The molecule has 64 valence electrons. The fourth-order valence-corrected chi connectivity index (χ4v) is 1.23. The van der Waals surface area contributed by atoms with Gasteiger partial charge in [0.15, 0.2) is 0 Å². The van der Waals surface area contributed by atoms with E-state index in [0.717, 1.165) is 0 Å². The molecule has 0 amide bonds.